The standard InChI is InChI=1S/C23H27FN4O2/c1-27-16-20(15-26-27)17-3-4-18-14-25-21(12-19(18)11-17)13-22(29)23(24)5-7-28(8-6-23)9-10-30-2/h3-4,11-12,14-16H,5-10,13H2,1-2H3. The van der Waals surface area contributed by atoms with Crippen molar-refractivity contribution >= 4 is 16.6 Å². The fourth-order valence-electron chi connectivity index (χ4n) is 3.99. The van der Waals surface area contributed by atoms with Crippen LogP contribution < -0.4 is 0 Å². The lowest BCUT2D eigenvalue weighted by Gasteiger charge is -2.35. The Morgan fingerprint density at radius 1 is 1.17 bits per heavy atom. The van der Waals surface area contributed by atoms with Gasteiger partial charge in [-0.2, -0.15) is 5.10 Å². The monoisotopic (exact) mass is 410 g/mol. The molecule has 3 heterocycles. The average Bonchev–Trinajstić information content (AvgIpc) is 3.19. The van der Waals surface area contributed by atoms with Crippen LogP contribution in [-0.2, 0) is 23.0 Å². The van der Waals surface area contributed by atoms with E-state index in [-0.39, 0.29) is 25.0 Å². The Kier molecular flexibility index (Phi) is 5.92. The molecule has 0 N–H and O–H groups in total. The van der Waals surface area contributed by atoms with Gasteiger partial charge in [-0.3, -0.25) is 14.5 Å². The number of ether oxygens (including phenoxy) is 1. The maximum atomic E-state index is 15.3. The van der Waals surface area contributed by atoms with Gasteiger partial charge in [0.2, 0.25) is 0 Å². The van der Waals surface area contributed by atoms with Crippen LogP contribution in [0.5, 0.6) is 0 Å². The summed E-state index contributed by atoms with van der Waals surface area (Å²) >= 11 is 0. The zero-order chi connectivity index (χ0) is 21.1. The van der Waals surface area contributed by atoms with Gasteiger partial charge in [0, 0.05) is 75.7 Å². The number of carbonyl (C=O) groups excluding carboxylic acids is 1. The summed E-state index contributed by atoms with van der Waals surface area (Å²) in [5.41, 5.74) is 0.911. The van der Waals surface area contributed by atoms with Crippen molar-refractivity contribution in [1.29, 1.82) is 0 Å². The number of fused-ring (bicyclic) bond motifs is 1. The number of alkyl halides is 1. The van der Waals surface area contributed by atoms with Gasteiger partial charge in [0.05, 0.1) is 19.2 Å². The maximum Gasteiger partial charge on any atom is 0.175 e. The number of methoxy groups -OCH3 is 1. The Labute approximate surface area is 175 Å². The highest BCUT2D eigenvalue weighted by Crippen LogP contribution is 2.29. The van der Waals surface area contributed by atoms with Crippen LogP contribution in [0.4, 0.5) is 4.39 Å². The summed E-state index contributed by atoms with van der Waals surface area (Å²) in [6.07, 6.45) is 6.00. The largest absolute Gasteiger partial charge is 0.383 e. The van der Waals surface area contributed by atoms with Crippen LogP contribution in [-0.4, -0.2) is 64.5 Å². The summed E-state index contributed by atoms with van der Waals surface area (Å²) in [5.74, 6) is -0.371. The van der Waals surface area contributed by atoms with Crippen LogP contribution in [0.1, 0.15) is 18.5 Å². The molecule has 1 aliphatic rings. The van der Waals surface area contributed by atoms with E-state index in [0.29, 0.717) is 25.4 Å². The third kappa shape index (κ3) is 4.42. The molecule has 0 amide bonds. The topological polar surface area (TPSA) is 60.2 Å². The lowest BCUT2D eigenvalue weighted by atomic mass is 9.87. The molecule has 4 rings (SSSR count). The van der Waals surface area contributed by atoms with E-state index < -0.39 is 5.67 Å². The molecule has 6 nitrogen and oxygen atoms in total. The number of ketones is 1. The predicted molar refractivity (Wildman–Crippen MR) is 114 cm³/mol. The van der Waals surface area contributed by atoms with Gasteiger partial charge in [-0.15, -0.1) is 0 Å². The van der Waals surface area contributed by atoms with Gasteiger partial charge in [-0.1, -0.05) is 12.1 Å². The Hall–Kier alpha value is -2.64. The summed E-state index contributed by atoms with van der Waals surface area (Å²) in [7, 11) is 3.54. The Morgan fingerprint density at radius 3 is 2.67 bits per heavy atom. The number of nitrogens with zero attached hydrogens (tertiary/aromatic N) is 4. The minimum atomic E-state index is -1.77. The number of aryl methyl sites for hydroxylation is 1. The zero-order valence-corrected chi connectivity index (χ0v) is 17.5. The molecule has 2 aromatic heterocycles. The Balaban J connectivity index is 1.47. The van der Waals surface area contributed by atoms with Crippen molar-refractivity contribution in [2.45, 2.75) is 24.9 Å². The molecule has 1 aliphatic heterocycles. The summed E-state index contributed by atoms with van der Waals surface area (Å²) in [4.78, 5) is 19.3. The molecular formula is C23H27FN4O2. The van der Waals surface area contributed by atoms with E-state index >= 15 is 4.39 Å². The number of hydrogen-bond acceptors (Lipinski definition) is 5. The second-order valence-corrected chi connectivity index (χ2v) is 8.04. The number of carbonyl (C=O) groups is 1. The first-order chi connectivity index (χ1) is 14.5. The number of likely N-dealkylation sites (tertiary alicyclic amines) is 1. The first-order valence-electron chi connectivity index (χ1n) is 10.3. The van der Waals surface area contributed by atoms with Crippen molar-refractivity contribution in [2.24, 2.45) is 7.05 Å². The quantitative estimate of drug-likeness (QED) is 0.599. The van der Waals surface area contributed by atoms with E-state index in [2.05, 4.69) is 21.0 Å². The summed E-state index contributed by atoms with van der Waals surface area (Å²) < 4.78 is 22.1. The van der Waals surface area contributed by atoms with Crippen LogP contribution in [0.2, 0.25) is 0 Å². The Morgan fingerprint density at radius 2 is 1.97 bits per heavy atom. The van der Waals surface area contributed by atoms with Crippen LogP contribution in [0, 0.1) is 0 Å². The van der Waals surface area contributed by atoms with Crippen LogP contribution in [0.3, 0.4) is 0 Å². The smallest absolute Gasteiger partial charge is 0.175 e. The van der Waals surface area contributed by atoms with E-state index in [1.54, 1.807) is 18.0 Å². The maximum absolute atomic E-state index is 15.3. The molecule has 0 saturated carbocycles. The molecule has 3 aromatic rings. The fourth-order valence-corrected chi connectivity index (χ4v) is 3.99. The summed E-state index contributed by atoms with van der Waals surface area (Å²) in [6.45, 7) is 2.54. The number of hydrogen-bond donors (Lipinski definition) is 0. The van der Waals surface area contributed by atoms with Crippen molar-refractivity contribution in [3.63, 3.8) is 0 Å². The molecule has 7 heteroatoms. The predicted octanol–water partition coefficient (Wildman–Crippen LogP) is 3.20. The van der Waals surface area contributed by atoms with Gasteiger partial charge in [0.1, 0.15) is 0 Å². The molecule has 0 radical (unpaired) electrons. The molecule has 1 aromatic carbocycles. The van der Waals surface area contributed by atoms with Crippen molar-refractivity contribution in [1.82, 2.24) is 19.7 Å². The lowest BCUT2D eigenvalue weighted by Crippen LogP contribution is -2.47. The number of piperidine rings is 1. The highest BCUT2D eigenvalue weighted by atomic mass is 19.1. The number of aromatic nitrogens is 3. The summed E-state index contributed by atoms with van der Waals surface area (Å²) in [5, 5.41) is 6.19. The van der Waals surface area contributed by atoms with E-state index in [9.17, 15) is 4.79 Å². The number of benzene rings is 1. The molecule has 30 heavy (non-hydrogen) atoms. The van der Waals surface area contributed by atoms with E-state index in [0.717, 1.165) is 28.4 Å². The average molecular weight is 410 g/mol. The second-order valence-electron chi connectivity index (χ2n) is 8.04. The molecule has 158 valence electrons. The van der Waals surface area contributed by atoms with Gasteiger partial charge in [-0.25, -0.2) is 4.39 Å². The molecule has 0 bridgehead atoms. The van der Waals surface area contributed by atoms with Gasteiger partial charge < -0.3 is 9.64 Å². The molecule has 0 atom stereocenters. The summed E-state index contributed by atoms with van der Waals surface area (Å²) in [6, 6.07) is 7.98. The number of rotatable bonds is 7. The first kappa shape index (κ1) is 20.6. The van der Waals surface area contributed by atoms with Crippen molar-refractivity contribution in [2.75, 3.05) is 33.4 Å². The molecule has 1 fully saturated rings. The number of halogens is 1. The van der Waals surface area contributed by atoms with Crippen molar-refractivity contribution < 1.29 is 13.9 Å². The van der Waals surface area contributed by atoms with Gasteiger partial charge in [0.15, 0.2) is 11.5 Å². The zero-order valence-electron chi connectivity index (χ0n) is 17.5. The third-order valence-corrected chi connectivity index (χ3v) is 5.92. The highest BCUT2D eigenvalue weighted by Gasteiger charge is 2.41. The van der Waals surface area contributed by atoms with E-state index in [4.69, 9.17) is 4.74 Å². The Bertz CT molecular complexity index is 1040. The van der Waals surface area contributed by atoms with Gasteiger partial charge >= 0.3 is 0 Å². The third-order valence-electron chi connectivity index (χ3n) is 5.92. The van der Waals surface area contributed by atoms with E-state index in [1.807, 2.05) is 37.6 Å². The molecule has 0 unspecified atom stereocenters. The minimum absolute atomic E-state index is 0.0155. The second kappa shape index (κ2) is 8.62. The van der Waals surface area contributed by atoms with Crippen LogP contribution in [0.15, 0.2) is 42.9 Å². The number of Topliss-reactive ketones (excluding diaryl/α,β-unsaturated/α-hetero) is 1. The van der Waals surface area contributed by atoms with Crippen molar-refractivity contribution in [3.8, 4) is 11.1 Å². The number of pyridine rings is 1. The molecule has 1 saturated heterocycles. The van der Waals surface area contributed by atoms with Crippen molar-refractivity contribution in [3.05, 3.63) is 48.5 Å². The SMILES string of the molecule is COCCN1CCC(F)(C(=O)Cc2cc3cc(-c4cnn(C)c4)ccc3cn2)CC1. The first-order valence-corrected chi connectivity index (χ1v) is 10.3. The van der Waals surface area contributed by atoms with Crippen LogP contribution >= 0.6 is 0 Å². The molecular weight excluding hydrogens is 383 g/mol. The lowest BCUT2D eigenvalue weighted by molar-refractivity contribution is -0.133. The minimum Gasteiger partial charge on any atom is -0.383 e. The fraction of sp³-hybridized carbons (Fsp3) is 0.435. The van der Waals surface area contributed by atoms with Crippen LogP contribution in [0.25, 0.3) is 21.9 Å². The highest BCUT2D eigenvalue weighted by molar-refractivity contribution is 5.91. The molecule has 0 aliphatic carbocycles. The normalized spacial score (nSPS) is 16.8. The van der Waals surface area contributed by atoms with Gasteiger partial charge in [-0.05, 0) is 23.1 Å². The van der Waals surface area contributed by atoms with Gasteiger partial charge in [0.25, 0.3) is 0 Å². The molecule has 0 spiro atoms. The van der Waals surface area contributed by atoms with E-state index in [1.165, 1.54) is 0 Å².